The molecule has 1 atom stereocenters. The summed E-state index contributed by atoms with van der Waals surface area (Å²) in [5.41, 5.74) is 2.12. The standard InChI is InChI=1S/C16H16FN3O2S2/c1-23-16-19-14(9-24-16)15(21)18-8-13-7-12(20-22-13)6-10-3-2-4-11(17)5-10/h2-5,9,13H,6-8H2,1H3,(H,18,21)/t13-/m0/s1. The molecule has 1 aromatic carbocycles. The third kappa shape index (κ3) is 4.33. The second kappa shape index (κ2) is 7.76. The highest BCUT2D eigenvalue weighted by Crippen LogP contribution is 2.20. The lowest BCUT2D eigenvalue weighted by atomic mass is 10.0. The van der Waals surface area contributed by atoms with Gasteiger partial charge in [0.05, 0.1) is 12.3 Å². The maximum atomic E-state index is 13.2. The first-order chi connectivity index (χ1) is 11.6. The largest absolute Gasteiger partial charge is 0.390 e. The van der Waals surface area contributed by atoms with Crippen molar-refractivity contribution in [2.75, 3.05) is 12.8 Å². The van der Waals surface area contributed by atoms with E-state index >= 15 is 0 Å². The van der Waals surface area contributed by atoms with Gasteiger partial charge in [-0.1, -0.05) is 29.1 Å². The second-order valence-corrected chi connectivity index (χ2v) is 7.22. The Balaban J connectivity index is 1.46. The van der Waals surface area contributed by atoms with E-state index in [1.54, 1.807) is 11.4 Å². The van der Waals surface area contributed by atoms with Crippen molar-refractivity contribution in [3.05, 3.63) is 46.7 Å². The fourth-order valence-electron chi connectivity index (χ4n) is 2.34. The van der Waals surface area contributed by atoms with Crippen molar-refractivity contribution in [2.45, 2.75) is 23.3 Å². The van der Waals surface area contributed by atoms with Gasteiger partial charge in [-0.25, -0.2) is 9.37 Å². The molecule has 24 heavy (non-hydrogen) atoms. The third-order valence-corrected chi connectivity index (χ3v) is 5.34. The molecule has 1 amide bonds. The van der Waals surface area contributed by atoms with Crippen molar-refractivity contribution >= 4 is 34.7 Å². The van der Waals surface area contributed by atoms with Gasteiger partial charge in [-0.3, -0.25) is 4.79 Å². The lowest BCUT2D eigenvalue weighted by Gasteiger charge is -2.08. The number of oxime groups is 1. The number of rotatable bonds is 6. The van der Waals surface area contributed by atoms with Crippen LogP contribution < -0.4 is 5.32 Å². The summed E-state index contributed by atoms with van der Waals surface area (Å²) in [6.07, 6.45) is 2.88. The molecule has 0 saturated carbocycles. The molecule has 1 N–H and O–H groups in total. The highest BCUT2D eigenvalue weighted by atomic mass is 32.2. The number of thiazole rings is 1. The first kappa shape index (κ1) is 16.9. The van der Waals surface area contributed by atoms with E-state index in [1.807, 2.05) is 12.3 Å². The Bertz CT molecular complexity index is 763. The van der Waals surface area contributed by atoms with Crippen LogP contribution >= 0.6 is 23.1 Å². The van der Waals surface area contributed by atoms with Gasteiger partial charge in [0.25, 0.3) is 5.91 Å². The van der Waals surface area contributed by atoms with Crippen molar-refractivity contribution in [3.63, 3.8) is 0 Å². The van der Waals surface area contributed by atoms with Crippen molar-refractivity contribution in [1.82, 2.24) is 10.3 Å². The SMILES string of the molecule is CSc1nc(C(=O)NC[C@@H]2CC(Cc3cccc(F)c3)=NO2)cs1. The molecular weight excluding hydrogens is 349 g/mol. The van der Waals surface area contributed by atoms with E-state index in [0.717, 1.165) is 15.6 Å². The molecular formula is C16H16FN3O2S2. The van der Waals surface area contributed by atoms with Gasteiger partial charge in [0.1, 0.15) is 22.0 Å². The summed E-state index contributed by atoms with van der Waals surface area (Å²) in [5, 5.41) is 8.58. The van der Waals surface area contributed by atoms with Crippen LogP contribution in [0.3, 0.4) is 0 Å². The molecule has 2 heterocycles. The van der Waals surface area contributed by atoms with E-state index in [2.05, 4.69) is 15.5 Å². The molecule has 5 nitrogen and oxygen atoms in total. The van der Waals surface area contributed by atoms with Gasteiger partial charge < -0.3 is 10.2 Å². The fraction of sp³-hybridized carbons (Fsp3) is 0.312. The average Bonchev–Trinajstić information content (AvgIpc) is 3.22. The van der Waals surface area contributed by atoms with Gasteiger partial charge in [-0.05, 0) is 24.0 Å². The van der Waals surface area contributed by atoms with E-state index in [4.69, 9.17) is 4.84 Å². The van der Waals surface area contributed by atoms with E-state index < -0.39 is 0 Å². The van der Waals surface area contributed by atoms with Gasteiger partial charge in [0, 0.05) is 18.2 Å². The molecule has 0 aliphatic carbocycles. The van der Waals surface area contributed by atoms with E-state index in [0.29, 0.717) is 25.1 Å². The quantitative estimate of drug-likeness (QED) is 0.799. The van der Waals surface area contributed by atoms with Crippen LogP contribution in [-0.2, 0) is 11.3 Å². The number of halogens is 1. The lowest BCUT2D eigenvalue weighted by Crippen LogP contribution is -2.32. The zero-order valence-electron chi connectivity index (χ0n) is 13.0. The van der Waals surface area contributed by atoms with Crippen molar-refractivity contribution in [3.8, 4) is 0 Å². The molecule has 0 radical (unpaired) electrons. The molecule has 1 aromatic heterocycles. The first-order valence-electron chi connectivity index (χ1n) is 7.38. The zero-order valence-corrected chi connectivity index (χ0v) is 14.6. The number of carbonyl (C=O) groups is 1. The first-order valence-corrected chi connectivity index (χ1v) is 9.48. The number of hydrogen-bond donors (Lipinski definition) is 1. The molecule has 3 rings (SSSR count). The number of carbonyl (C=O) groups excluding carboxylic acids is 1. The number of hydrogen-bond acceptors (Lipinski definition) is 6. The summed E-state index contributed by atoms with van der Waals surface area (Å²) in [5.74, 6) is -0.475. The van der Waals surface area contributed by atoms with Gasteiger partial charge in [0.15, 0.2) is 0 Å². The summed E-state index contributed by atoms with van der Waals surface area (Å²) in [6.45, 7) is 0.362. The molecule has 0 bridgehead atoms. The van der Waals surface area contributed by atoms with Crippen LogP contribution in [0.5, 0.6) is 0 Å². The molecule has 1 aliphatic heterocycles. The predicted octanol–water partition coefficient (Wildman–Crippen LogP) is 3.12. The summed E-state index contributed by atoms with van der Waals surface area (Å²) < 4.78 is 14.1. The molecule has 0 saturated heterocycles. The number of aromatic nitrogens is 1. The van der Waals surface area contributed by atoms with Crippen LogP contribution in [0.25, 0.3) is 0 Å². The normalized spacial score (nSPS) is 16.6. The van der Waals surface area contributed by atoms with Crippen LogP contribution in [0.1, 0.15) is 22.5 Å². The Morgan fingerprint density at radius 2 is 2.42 bits per heavy atom. The van der Waals surface area contributed by atoms with Gasteiger partial charge >= 0.3 is 0 Å². The van der Waals surface area contributed by atoms with Crippen LogP contribution in [0.15, 0.2) is 39.1 Å². The molecule has 0 fully saturated rings. The lowest BCUT2D eigenvalue weighted by molar-refractivity contribution is 0.0751. The second-order valence-electron chi connectivity index (χ2n) is 5.31. The van der Waals surface area contributed by atoms with E-state index in [9.17, 15) is 9.18 Å². The van der Waals surface area contributed by atoms with E-state index in [-0.39, 0.29) is 17.8 Å². The third-order valence-electron chi connectivity index (χ3n) is 3.47. The minimum Gasteiger partial charge on any atom is -0.390 e. The highest BCUT2D eigenvalue weighted by molar-refractivity contribution is 8.00. The molecule has 0 spiro atoms. The number of nitrogens with one attached hydrogen (secondary N) is 1. The van der Waals surface area contributed by atoms with Crippen LogP contribution in [0.2, 0.25) is 0 Å². The topological polar surface area (TPSA) is 63.6 Å². The Kier molecular flexibility index (Phi) is 5.47. The monoisotopic (exact) mass is 365 g/mol. The number of thioether (sulfide) groups is 1. The summed E-state index contributed by atoms with van der Waals surface area (Å²) in [7, 11) is 0. The van der Waals surface area contributed by atoms with E-state index in [1.165, 1.54) is 35.2 Å². The molecule has 126 valence electrons. The van der Waals surface area contributed by atoms with Crippen molar-refractivity contribution < 1.29 is 14.0 Å². The number of nitrogens with zero attached hydrogens (tertiary/aromatic N) is 2. The average molecular weight is 365 g/mol. The summed E-state index contributed by atoms with van der Waals surface area (Å²) in [4.78, 5) is 21.6. The molecule has 8 heteroatoms. The van der Waals surface area contributed by atoms with Crippen LogP contribution in [-0.4, -0.2) is 35.5 Å². The Labute approximate surface area is 147 Å². The predicted molar refractivity (Wildman–Crippen MR) is 93.3 cm³/mol. The maximum absolute atomic E-state index is 13.2. The Hall–Kier alpha value is -1.93. The number of amides is 1. The molecule has 2 aromatic rings. The summed E-state index contributed by atoms with van der Waals surface area (Å²) in [6, 6.07) is 6.43. The number of benzene rings is 1. The zero-order chi connectivity index (χ0) is 16.9. The fourth-order valence-corrected chi connectivity index (χ4v) is 3.58. The smallest absolute Gasteiger partial charge is 0.270 e. The maximum Gasteiger partial charge on any atom is 0.270 e. The van der Waals surface area contributed by atoms with Crippen molar-refractivity contribution in [1.29, 1.82) is 0 Å². The molecule has 1 aliphatic rings. The minimum atomic E-state index is -0.260. The van der Waals surface area contributed by atoms with Crippen LogP contribution in [0.4, 0.5) is 4.39 Å². The summed E-state index contributed by atoms with van der Waals surface area (Å²) >= 11 is 2.96. The van der Waals surface area contributed by atoms with Crippen LogP contribution in [0, 0.1) is 5.82 Å². The minimum absolute atomic E-state index is 0.198. The van der Waals surface area contributed by atoms with Gasteiger partial charge in [0.2, 0.25) is 0 Å². The highest BCUT2D eigenvalue weighted by Gasteiger charge is 2.22. The Morgan fingerprint density at radius 3 is 3.17 bits per heavy atom. The van der Waals surface area contributed by atoms with Crippen molar-refractivity contribution in [2.24, 2.45) is 5.16 Å². The van der Waals surface area contributed by atoms with Gasteiger partial charge in [-0.2, -0.15) is 0 Å². The van der Waals surface area contributed by atoms with Gasteiger partial charge in [-0.15, -0.1) is 11.3 Å². The molecule has 0 unspecified atom stereocenters. The Morgan fingerprint density at radius 1 is 1.54 bits per heavy atom.